The molecular weight excluding hydrogens is 927 g/mol. The first kappa shape index (κ1) is 52.9. The average molecular weight is 998 g/mol. The summed E-state index contributed by atoms with van der Waals surface area (Å²) in [5.74, 6) is -5.26. The maximum atomic E-state index is 15.3. The van der Waals surface area contributed by atoms with Crippen molar-refractivity contribution in [3.8, 4) is 0 Å². The molecule has 4 saturated heterocycles. The highest BCUT2D eigenvalue weighted by atomic mass is 32.2. The Labute approximate surface area is 419 Å². The fourth-order valence-corrected chi connectivity index (χ4v) is 11.6. The van der Waals surface area contributed by atoms with Crippen LogP contribution < -0.4 is 26.6 Å². The summed E-state index contributed by atoms with van der Waals surface area (Å²) in [7, 11) is 0. The van der Waals surface area contributed by atoms with E-state index in [9.17, 15) is 33.9 Å². The van der Waals surface area contributed by atoms with Gasteiger partial charge in [-0.3, -0.25) is 38.4 Å². The molecule has 0 saturated carbocycles. The van der Waals surface area contributed by atoms with Gasteiger partial charge in [-0.2, -0.15) is 0 Å². The second-order valence-corrected chi connectivity index (χ2v) is 22.1. The number of carbonyl (C=O) groups is 8. The van der Waals surface area contributed by atoms with Crippen molar-refractivity contribution in [1.29, 1.82) is 0 Å². The third kappa shape index (κ3) is 11.9. The molecule has 1 aromatic heterocycles. The molecule has 5 heterocycles. The summed E-state index contributed by atoms with van der Waals surface area (Å²) in [6.07, 6.45) is 2.51. The zero-order chi connectivity index (χ0) is 51.3. The second kappa shape index (κ2) is 22.6. The summed E-state index contributed by atoms with van der Waals surface area (Å²) >= 11 is 1.37. The van der Waals surface area contributed by atoms with Gasteiger partial charge in [0.05, 0.1) is 11.0 Å². The molecule has 10 atom stereocenters. The standard InChI is InChI=1S/C52H71N9O9S/c1-8-30(4)42-50(69)59-22-14-20-39(59)46(65)55-37(26-33-27-53-35-19-13-12-18-34(33)35)44(63)56-38(25-32-16-10-9-11-17-32)49(68)61-41(28-71-52(61,6)7)48(67)54-36(24-29(2)3)45(64)58-43(31(5)62)51(70)60-23-15-21-40(60)47(66)57-42/h9-13,16-19,27,29-31,36-43,53,62H,8,14-15,20-26,28H2,1-7H3,(H,54,67)(H,55,65)(H,56,63)(H,57,66)(H,58,64)/t30-,31+,36-,37-,38-,39-,40-,41-,42-,43-/m0/s1. The normalized spacial score (nSPS) is 28.3. The van der Waals surface area contributed by atoms with Gasteiger partial charge in [0.25, 0.3) is 0 Å². The molecule has 0 bridgehead atoms. The zero-order valence-electron chi connectivity index (χ0n) is 41.9. The first-order chi connectivity index (χ1) is 33.8. The lowest BCUT2D eigenvalue weighted by atomic mass is 9.96. The maximum absolute atomic E-state index is 15.3. The molecular formula is C52H71N9O9S. The molecule has 3 aromatic rings. The number of hydrogen-bond donors (Lipinski definition) is 7. The molecule has 0 aliphatic carbocycles. The van der Waals surface area contributed by atoms with Crippen LogP contribution in [0.25, 0.3) is 10.9 Å². The third-order valence-electron chi connectivity index (χ3n) is 14.5. The van der Waals surface area contributed by atoms with Gasteiger partial charge >= 0.3 is 0 Å². The van der Waals surface area contributed by atoms with E-state index in [0.29, 0.717) is 19.3 Å². The highest BCUT2D eigenvalue weighted by molar-refractivity contribution is 8.00. The van der Waals surface area contributed by atoms with Crippen LogP contribution in [0.5, 0.6) is 0 Å². The van der Waals surface area contributed by atoms with Gasteiger partial charge in [0, 0.05) is 48.8 Å². The van der Waals surface area contributed by atoms with E-state index in [4.69, 9.17) is 0 Å². The van der Waals surface area contributed by atoms with Crippen molar-refractivity contribution < 1.29 is 43.5 Å². The number of aromatic nitrogens is 1. The topological polar surface area (TPSA) is 242 Å². The summed E-state index contributed by atoms with van der Waals surface area (Å²) < 4.78 is 0. The molecule has 0 radical (unpaired) electrons. The van der Waals surface area contributed by atoms with Gasteiger partial charge in [-0.05, 0) is 81.9 Å². The molecule has 0 unspecified atom stereocenters. The Balaban J connectivity index is 1.31. The molecule has 2 aromatic carbocycles. The molecule has 19 heteroatoms. The number of H-pyrrole nitrogens is 1. The van der Waals surface area contributed by atoms with Gasteiger partial charge in [-0.15, -0.1) is 11.8 Å². The van der Waals surface area contributed by atoms with Gasteiger partial charge in [-0.25, -0.2) is 0 Å². The minimum absolute atomic E-state index is 0.0158. The minimum Gasteiger partial charge on any atom is -0.391 e. The van der Waals surface area contributed by atoms with E-state index in [1.165, 1.54) is 33.4 Å². The molecule has 4 aliphatic heterocycles. The largest absolute Gasteiger partial charge is 0.391 e. The number of rotatable bonds is 9. The molecule has 71 heavy (non-hydrogen) atoms. The Morgan fingerprint density at radius 1 is 0.648 bits per heavy atom. The number of carbonyl (C=O) groups excluding carboxylic acids is 8. The third-order valence-corrected chi connectivity index (χ3v) is 15.9. The maximum Gasteiger partial charge on any atom is 0.248 e. The lowest BCUT2D eigenvalue weighted by Gasteiger charge is -2.38. The van der Waals surface area contributed by atoms with Crippen molar-refractivity contribution in [3.63, 3.8) is 0 Å². The van der Waals surface area contributed by atoms with Crippen molar-refractivity contribution in [2.45, 2.75) is 159 Å². The molecule has 384 valence electrons. The van der Waals surface area contributed by atoms with Crippen LogP contribution in [0.2, 0.25) is 0 Å². The highest BCUT2D eigenvalue weighted by Gasteiger charge is 2.50. The fraction of sp³-hybridized carbons (Fsp3) is 0.577. The Kier molecular flexibility index (Phi) is 16.9. The molecule has 4 aliphatic rings. The zero-order valence-corrected chi connectivity index (χ0v) is 42.7. The predicted octanol–water partition coefficient (Wildman–Crippen LogP) is 2.53. The SMILES string of the molecule is CC[C@H](C)[C@@H]1NC(=O)[C@@H]2CCCN2C(=O)[C@H]([C@@H](C)O)NC(=O)[C@H](CC(C)C)NC(=O)[C@@H]2CSC(C)(C)N2C(=O)[C@H](Cc2ccccc2)NC(=O)[C@H](Cc2c[nH]c3ccccc23)NC(=O)[C@@H]2CCCN2C1=O. The summed E-state index contributed by atoms with van der Waals surface area (Å²) in [6, 6.07) is 7.29. The van der Waals surface area contributed by atoms with Gasteiger partial charge in [0.1, 0.15) is 48.3 Å². The number of amides is 8. The summed E-state index contributed by atoms with van der Waals surface area (Å²) in [5.41, 5.74) is 2.27. The Hall–Kier alpha value is -5.95. The molecule has 8 amide bonds. The van der Waals surface area contributed by atoms with Crippen LogP contribution in [0.3, 0.4) is 0 Å². The van der Waals surface area contributed by atoms with E-state index >= 15 is 9.59 Å². The van der Waals surface area contributed by atoms with E-state index in [2.05, 4.69) is 31.6 Å². The van der Waals surface area contributed by atoms with E-state index < -0.39 is 112 Å². The monoisotopic (exact) mass is 998 g/mol. The number of thioether (sulfide) groups is 1. The number of benzene rings is 2. The molecule has 18 nitrogen and oxygen atoms in total. The van der Waals surface area contributed by atoms with Crippen molar-refractivity contribution in [2.75, 3.05) is 18.8 Å². The first-order valence-electron chi connectivity index (χ1n) is 25.2. The average Bonchev–Trinajstić information content (AvgIpc) is 4.17. The number of aliphatic hydroxyl groups excluding tert-OH is 1. The van der Waals surface area contributed by atoms with Gasteiger partial charge < -0.3 is 51.4 Å². The number of hydrogen-bond acceptors (Lipinski definition) is 10. The van der Waals surface area contributed by atoms with Crippen LogP contribution in [0.15, 0.2) is 60.8 Å². The van der Waals surface area contributed by atoms with Crippen LogP contribution in [-0.2, 0) is 51.2 Å². The predicted molar refractivity (Wildman–Crippen MR) is 269 cm³/mol. The van der Waals surface area contributed by atoms with E-state index in [-0.39, 0.29) is 56.9 Å². The smallest absolute Gasteiger partial charge is 0.248 e. The van der Waals surface area contributed by atoms with E-state index in [1.54, 1.807) is 6.20 Å². The van der Waals surface area contributed by atoms with Crippen LogP contribution >= 0.6 is 11.8 Å². The van der Waals surface area contributed by atoms with Crippen LogP contribution in [0, 0.1) is 11.8 Å². The fourth-order valence-electron chi connectivity index (χ4n) is 10.4. The molecule has 0 spiro atoms. The van der Waals surface area contributed by atoms with Gasteiger partial charge in [-0.1, -0.05) is 82.6 Å². The molecule has 4 fully saturated rings. The number of nitrogens with zero attached hydrogens (tertiary/aromatic N) is 3. The first-order valence-corrected chi connectivity index (χ1v) is 26.1. The van der Waals surface area contributed by atoms with Crippen LogP contribution in [0.1, 0.15) is 98.1 Å². The second-order valence-electron chi connectivity index (χ2n) is 20.5. The van der Waals surface area contributed by atoms with Crippen molar-refractivity contribution >= 4 is 69.9 Å². The van der Waals surface area contributed by atoms with Crippen LogP contribution in [-0.4, -0.2) is 150 Å². The van der Waals surface area contributed by atoms with Crippen molar-refractivity contribution in [2.24, 2.45) is 11.8 Å². The highest BCUT2D eigenvalue weighted by Crippen LogP contribution is 2.40. The number of fused-ring (bicyclic) bond motifs is 4. The van der Waals surface area contributed by atoms with Crippen LogP contribution in [0.4, 0.5) is 0 Å². The number of aliphatic hydroxyl groups is 1. The van der Waals surface area contributed by atoms with Gasteiger partial charge in [0.2, 0.25) is 47.3 Å². The molecule has 7 N–H and O–H groups in total. The van der Waals surface area contributed by atoms with Crippen molar-refractivity contribution in [3.05, 3.63) is 71.9 Å². The number of aromatic amines is 1. The van der Waals surface area contributed by atoms with E-state index in [1.807, 2.05) is 96.1 Å². The Morgan fingerprint density at radius 2 is 1.20 bits per heavy atom. The lowest BCUT2D eigenvalue weighted by molar-refractivity contribution is -0.147. The Bertz CT molecular complexity index is 2460. The molecule has 7 rings (SSSR count). The summed E-state index contributed by atoms with van der Waals surface area (Å²) in [4.78, 5) is 124. The van der Waals surface area contributed by atoms with E-state index in [0.717, 1.165) is 22.0 Å². The quantitative estimate of drug-likeness (QED) is 0.165. The summed E-state index contributed by atoms with van der Waals surface area (Å²) in [5, 5.41) is 26.3. The van der Waals surface area contributed by atoms with Gasteiger partial charge in [0.15, 0.2) is 0 Å². The van der Waals surface area contributed by atoms with Crippen molar-refractivity contribution in [1.82, 2.24) is 46.3 Å². The Morgan fingerprint density at radius 3 is 1.83 bits per heavy atom. The minimum atomic E-state index is -1.50. The number of nitrogens with one attached hydrogen (secondary N) is 6. The number of para-hydroxylation sites is 1. The summed E-state index contributed by atoms with van der Waals surface area (Å²) in [6.45, 7) is 12.8. The lowest BCUT2D eigenvalue weighted by Crippen LogP contribution is -2.64.